The maximum Gasteiger partial charge on any atom is 0.389 e. The van der Waals surface area contributed by atoms with Crippen LogP contribution in [0.15, 0.2) is 23.1 Å². The van der Waals surface area contributed by atoms with Crippen LogP contribution in [0.25, 0.3) is 5.65 Å². The summed E-state index contributed by atoms with van der Waals surface area (Å²) in [6, 6.07) is 0.437. The molecule has 3 aromatic heterocycles. The molecule has 3 heterocycles. The number of halogens is 5. The van der Waals surface area contributed by atoms with Crippen molar-refractivity contribution in [1.82, 2.24) is 35.5 Å². The highest BCUT2D eigenvalue weighted by atomic mass is 19.4. The zero-order chi connectivity index (χ0) is 28.7. The van der Waals surface area contributed by atoms with E-state index < -0.39 is 48.8 Å². The summed E-state index contributed by atoms with van der Waals surface area (Å²) in [5.41, 5.74) is 1.62. The second-order valence-corrected chi connectivity index (χ2v) is 10.6. The lowest BCUT2D eigenvalue weighted by atomic mass is 9.81. The van der Waals surface area contributed by atoms with Crippen LogP contribution in [0.1, 0.15) is 90.9 Å². The molecule has 2 amide bonds. The quantitative estimate of drug-likeness (QED) is 0.360. The lowest BCUT2D eigenvalue weighted by molar-refractivity contribution is -0.144. The Hall–Kier alpha value is -3.65. The molecular weight excluding hydrogens is 541 g/mol. The number of hydrogen-bond acceptors (Lipinski definition) is 7. The Labute approximate surface area is 225 Å². The van der Waals surface area contributed by atoms with Gasteiger partial charge in [-0.1, -0.05) is 5.16 Å². The number of hydrogen-bond donors (Lipinski definition) is 2. The fraction of sp³-hybridized carbons (Fsp3) is 0.600. The van der Waals surface area contributed by atoms with Gasteiger partial charge in [0.25, 0.3) is 5.91 Å². The first kappa shape index (κ1) is 27.9. The summed E-state index contributed by atoms with van der Waals surface area (Å²) in [7, 11) is 0. The number of aromatic nitrogens is 5. The number of aryl methyl sites for hydroxylation is 1. The minimum atomic E-state index is -4.43. The molecule has 2 saturated carbocycles. The lowest BCUT2D eigenvalue weighted by Gasteiger charge is -2.33. The summed E-state index contributed by atoms with van der Waals surface area (Å²) in [6.45, 7) is 1.55. The van der Waals surface area contributed by atoms with E-state index in [2.05, 4.69) is 35.7 Å². The average molecular weight is 570 g/mol. The van der Waals surface area contributed by atoms with Gasteiger partial charge in [0.2, 0.25) is 11.8 Å². The summed E-state index contributed by atoms with van der Waals surface area (Å²) in [5, 5.41) is 17.2. The minimum Gasteiger partial charge on any atom is -0.349 e. The number of carbonyl (C=O) groups excluding carboxylic acids is 2. The summed E-state index contributed by atoms with van der Waals surface area (Å²) >= 11 is 0. The Balaban J connectivity index is 1.39. The van der Waals surface area contributed by atoms with Crippen molar-refractivity contribution in [2.24, 2.45) is 11.8 Å². The summed E-state index contributed by atoms with van der Waals surface area (Å²) in [6.07, 6.45) is -1.88. The zero-order valence-corrected chi connectivity index (χ0v) is 21.5. The maximum atomic E-state index is 13.9. The van der Waals surface area contributed by atoms with Gasteiger partial charge in [-0.2, -0.15) is 18.3 Å². The highest BCUT2D eigenvalue weighted by Gasteiger charge is 2.40. The molecule has 0 saturated heterocycles. The largest absolute Gasteiger partial charge is 0.389 e. The van der Waals surface area contributed by atoms with Gasteiger partial charge in [0.15, 0.2) is 11.3 Å². The predicted molar refractivity (Wildman–Crippen MR) is 128 cm³/mol. The number of alkyl halides is 5. The second-order valence-electron chi connectivity index (χ2n) is 10.6. The fourth-order valence-electron chi connectivity index (χ4n) is 5.11. The Morgan fingerprint density at radius 2 is 1.80 bits per heavy atom. The molecule has 2 aliphatic rings. The number of imidazole rings is 1. The molecule has 3 aromatic rings. The third-order valence-corrected chi connectivity index (χ3v) is 7.47. The second kappa shape index (κ2) is 10.7. The van der Waals surface area contributed by atoms with Crippen LogP contribution in [0.3, 0.4) is 0 Å². The smallest absolute Gasteiger partial charge is 0.349 e. The first-order valence-corrected chi connectivity index (χ1v) is 13.1. The van der Waals surface area contributed by atoms with Gasteiger partial charge in [-0.3, -0.25) is 9.59 Å². The van der Waals surface area contributed by atoms with Crippen LogP contribution in [0.5, 0.6) is 0 Å². The first-order chi connectivity index (χ1) is 18.9. The van der Waals surface area contributed by atoms with E-state index in [1.807, 2.05) is 0 Å². The predicted octanol–water partition coefficient (Wildman–Crippen LogP) is 4.63. The molecule has 15 heteroatoms. The molecule has 2 atom stereocenters. The minimum absolute atomic E-state index is 0.0242. The number of nitrogens with zero attached hydrogens (tertiary/aromatic N) is 5. The van der Waals surface area contributed by atoms with Crippen molar-refractivity contribution in [3.05, 3.63) is 41.1 Å². The molecule has 5 rings (SSSR count). The number of amides is 2. The molecule has 0 unspecified atom stereocenters. The van der Waals surface area contributed by atoms with Gasteiger partial charge >= 0.3 is 6.18 Å². The van der Waals surface area contributed by atoms with Crippen molar-refractivity contribution in [3.63, 3.8) is 0 Å². The Kier molecular flexibility index (Phi) is 7.48. The average Bonchev–Trinajstić information content (AvgIpc) is 3.49. The van der Waals surface area contributed by atoms with Crippen LogP contribution in [-0.2, 0) is 4.79 Å². The molecule has 2 N–H and O–H groups in total. The van der Waals surface area contributed by atoms with E-state index in [0.717, 1.165) is 12.8 Å². The number of nitrogens with one attached hydrogen (secondary N) is 2. The molecule has 10 nitrogen and oxygen atoms in total. The summed E-state index contributed by atoms with van der Waals surface area (Å²) in [5.74, 6) is -4.31. The van der Waals surface area contributed by atoms with Crippen molar-refractivity contribution < 1.29 is 36.2 Å². The maximum absolute atomic E-state index is 13.9. The Morgan fingerprint density at radius 3 is 2.42 bits per heavy atom. The number of fused-ring (bicyclic) bond motifs is 1. The number of rotatable bonds is 9. The van der Waals surface area contributed by atoms with Crippen molar-refractivity contribution >= 4 is 17.5 Å². The Bertz CT molecular complexity index is 1370. The summed E-state index contributed by atoms with van der Waals surface area (Å²) in [4.78, 5) is 29.8. The normalized spacial score (nSPS) is 19.4. The van der Waals surface area contributed by atoms with Crippen LogP contribution in [-0.4, -0.2) is 48.8 Å². The van der Waals surface area contributed by atoms with Crippen LogP contribution < -0.4 is 10.6 Å². The van der Waals surface area contributed by atoms with E-state index in [-0.39, 0.29) is 48.9 Å². The van der Waals surface area contributed by atoms with Crippen molar-refractivity contribution in [2.75, 3.05) is 0 Å². The van der Waals surface area contributed by atoms with Crippen LogP contribution in [0.2, 0.25) is 0 Å². The molecule has 216 valence electrons. The van der Waals surface area contributed by atoms with Gasteiger partial charge in [0, 0.05) is 19.3 Å². The molecule has 0 radical (unpaired) electrons. The highest BCUT2D eigenvalue weighted by Crippen LogP contribution is 2.43. The van der Waals surface area contributed by atoms with E-state index in [4.69, 9.17) is 0 Å². The third-order valence-electron chi connectivity index (χ3n) is 7.47. The van der Waals surface area contributed by atoms with Gasteiger partial charge < -0.3 is 10.6 Å². The van der Waals surface area contributed by atoms with E-state index in [9.17, 15) is 31.5 Å². The Morgan fingerprint density at radius 1 is 1.10 bits per heavy atom. The molecule has 0 spiro atoms. The van der Waals surface area contributed by atoms with Crippen molar-refractivity contribution in [2.45, 2.75) is 82.5 Å². The molecule has 2 fully saturated rings. The molecule has 40 heavy (non-hydrogen) atoms. The van der Waals surface area contributed by atoms with Crippen LogP contribution in [0, 0.1) is 18.8 Å². The SMILES string of the molecule is Cc1nonc1C(=O)N[C@H](c1cn2ncc([C@H](NC(=O)CCC(F)(F)F)C3CC3)cc2n1)C1CCC(F)(F)CC1. The van der Waals surface area contributed by atoms with Crippen LogP contribution in [0.4, 0.5) is 22.0 Å². The van der Waals surface area contributed by atoms with Gasteiger partial charge in [0.05, 0.1) is 36.6 Å². The molecule has 0 aromatic carbocycles. The van der Waals surface area contributed by atoms with E-state index in [1.54, 1.807) is 19.2 Å². The van der Waals surface area contributed by atoms with Crippen LogP contribution >= 0.6 is 0 Å². The highest BCUT2D eigenvalue weighted by molar-refractivity contribution is 5.93. The summed E-state index contributed by atoms with van der Waals surface area (Å²) < 4.78 is 71.6. The van der Waals surface area contributed by atoms with Gasteiger partial charge in [-0.25, -0.2) is 22.9 Å². The first-order valence-electron chi connectivity index (χ1n) is 13.1. The molecule has 0 aliphatic heterocycles. The van der Waals surface area contributed by atoms with Gasteiger partial charge in [-0.15, -0.1) is 0 Å². The van der Waals surface area contributed by atoms with Crippen molar-refractivity contribution in [1.29, 1.82) is 0 Å². The molecular formula is C25H28F5N7O3. The third kappa shape index (κ3) is 6.55. The molecule has 0 bridgehead atoms. The van der Waals surface area contributed by atoms with E-state index >= 15 is 0 Å². The zero-order valence-electron chi connectivity index (χ0n) is 21.5. The topological polar surface area (TPSA) is 127 Å². The monoisotopic (exact) mass is 569 g/mol. The standard InChI is InChI=1S/C25H28F5N7O3/c1-13-20(36-40-35-13)23(39)34-22(15-4-7-24(26,27)8-5-15)17-12-37-18(32-17)10-16(11-31-37)21(14-2-3-14)33-19(38)6-9-25(28,29)30/h10-12,14-15,21-22H,2-9H2,1H3,(H,33,38)(H,34,39)/t21-,22+/m1/s1. The van der Waals surface area contributed by atoms with Crippen molar-refractivity contribution in [3.8, 4) is 0 Å². The van der Waals surface area contributed by atoms with Gasteiger partial charge in [-0.05, 0) is 61.2 Å². The van der Waals surface area contributed by atoms with E-state index in [1.165, 1.54) is 10.7 Å². The fourth-order valence-corrected chi connectivity index (χ4v) is 5.11. The van der Waals surface area contributed by atoms with Gasteiger partial charge in [0.1, 0.15) is 5.69 Å². The number of carbonyl (C=O) groups is 2. The van der Waals surface area contributed by atoms with E-state index in [0.29, 0.717) is 16.9 Å². The molecule has 2 aliphatic carbocycles. The lowest BCUT2D eigenvalue weighted by Crippen LogP contribution is -2.37.